The van der Waals surface area contributed by atoms with Crippen molar-refractivity contribution in [1.82, 2.24) is 14.5 Å². The van der Waals surface area contributed by atoms with Gasteiger partial charge in [-0.1, -0.05) is 42.4 Å². The number of rotatable bonds is 8. The van der Waals surface area contributed by atoms with Gasteiger partial charge in [0.2, 0.25) is 10.0 Å². The van der Waals surface area contributed by atoms with E-state index in [0.29, 0.717) is 12.4 Å². The molecule has 0 saturated carbocycles. The van der Waals surface area contributed by atoms with Gasteiger partial charge in [0.05, 0.1) is 13.6 Å². The van der Waals surface area contributed by atoms with Crippen LogP contribution >= 0.6 is 27.3 Å². The Kier molecular flexibility index (Phi) is 7.03. The van der Waals surface area contributed by atoms with Crippen LogP contribution in [0.1, 0.15) is 22.8 Å². The van der Waals surface area contributed by atoms with E-state index in [9.17, 15) is 13.2 Å². The van der Waals surface area contributed by atoms with Crippen molar-refractivity contribution in [2.45, 2.75) is 18.4 Å². The van der Waals surface area contributed by atoms with Gasteiger partial charge in [-0.15, -0.1) is 16.4 Å². The van der Waals surface area contributed by atoms with Crippen LogP contribution in [0.25, 0.3) is 10.8 Å². The van der Waals surface area contributed by atoms with Gasteiger partial charge in [0.25, 0.3) is 11.8 Å². The van der Waals surface area contributed by atoms with Gasteiger partial charge >= 0.3 is 6.01 Å². The summed E-state index contributed by atoms with van der Waals surface area (Å²) >= 11 is 4.79. The topological polar surface area (TPSA) is 105 Å². The lowest BCUT2D eigenvalue weighted by Gasteiger charge is -2.20. The molecule has 170 valence electrons. The Morgan fingerprint density at radius 1 is 1.06 bits per heavy atom. The standard InChI is InChI=1S/C22H19BrN4O4S2/c1-2-27(14-15-6-4-3-5-7-15)33(29,30)17-10-8-16(9-11-17)20(28)24-22-26-25-21(31-22)18-12-13-19(23)32-18/h3-13H,2,14H2,1H3,(H,24,26,28). The monoisotopic (exact) mass is 546 g/mol. The fourth-order valence-corrected chi connectivity index (χ4v) is 5.80. The van der Waals surface area contributed by atoms with E-state index in [-0.39, 0.29) is 23.0 Å². The predicted octanol–water partition coefficient (Wildman–Crippen LogP) is 5.02. The minimum Gasteiger partial charge on any atom is -0.402 e. The van der Waals surface area contributed by atoms with Crippen molar-refractivity contribution in [2.75, 3.05) is 11.9 Å². The maximum absolute atomic E-state index is 13.1. The number of nitrogens with one attached hydrogen (secondary N) is 1. The number of amides is 1. The molecular weight excluding hydrogens is 528 g/mol. The summed E-state index contributed by atoms with van der Waals surface area (Å²) in [4.78, 5) is 13.4. The summed E-state index contributed by atoms with van der Waals surface area (Å²) in [7, 11) is -3.72. The first-order valence-electron chi connectivity index (χ1n) is 9.91. The third-order valence-electron chi connectivity index (χ3n) is 4.74. The number of sulfonamides is 1. The average molecular weight is 547 g/mol. The maximum atomic E-state index is 13.1. The minimum atomic E-state index is -3.72. The SMILES string of the molecule is CCN(Cc1ccccc1)S(=O)(=O)c1ccc(C(=O)Nc2nnc(-c3ccc(Br)s3)o2)cc1. The number of carbonyl (C=O) groups excluding carboxylic acids is 1. The van der Waals surface area contributed by atoms with Crippen LogP contribution in [0.15, 0.2) is 79.8 Å². The third kappa shape index (κ3) is 5.38. The molecule has 0 aliphatic rings. The Morgan fingerprint density at radius 3 is 2.42 bits per heavy atom. The number of carbonyl (C=O) groups is 1. The smallest absolute Gasteiger partial charge is 0.322 e. The van der Waals surface area contributed by atoms with E-state index in [1.54, 1.807) is 6.92 Å². The van der Waals surface area contributed by atoms with E-state index >= 15 is 0 Å². The van der Waals surface area contributed by atoms with E-state index in [1.165, 1.54) is 39.9 Å². The Bertz CT molecular complexity index is 1350. The Labute approximate surface area is 203 Å². The average Bonchev–Trinajstić information content (AvgIpc) is 3.47. The van der Waals surface area contributed by atoms with Gasteiger partial charge in [0.15, 0.2) is 0 Å². The van der Waals surface area contributed by atoms with Gasteiger partial charge in [-0.05, 0) is 57.9 Å². The second-order valence-corrected chi connectivity index (χ2v) is 11.3. The molecule has 8 nitrogen and oxygen atoms in total. The van der Waals surface area contributed by atoms with E-state index < -0.39 is 15.9 Å². The van der Waals surface area contributed by atoms with E-state index in [2.05, 4.69) is 31.4 Å². The molecule has 0 unspecified atom stereocenters. The first-order chi connectivity index (χ1) is 15.9. The fraction of sp³-hybridized carbons (Fsp3) is 0.136. The summed E-state index contributed by atoms with van der Waals surface area (Å²) in [5.41, 5.74) is 1.16. The lowest BCUT2D eigenvalue weighted by molar-refractivity contribution is 0.102. The number of thiophene rings is 1. The van der Waals surface area contributed by atoms with Crippen LogP contribution in [0.3, 0.4) is 0 Å². The number of halogens is 1. The van der Waals surface area contributed by atoms with Crippen molar-refractivity contribution in [3.05, 3.63) is 81.6 Å². The lowest BCUT2D eigenvalue weighted by Crippen LogP contribution is -2.30. The molecule has 0 bridgehead atoms. The number of benzene rings is 2. The Morgan fingerprint density at radius 2 is 1.79 bits per heavy atom. The fourth-order valence-electron chi connectivity index (χ4n) is 3.05. The highest BCUT2D eigenvalue weighted by Gasteiger charge is 2.24. The van der Waals surface area contributed by atoms with Gasteiger partial charge in [-0.2, -0.15) is 4.31 Å². The summed E-state index contributed by atoms with van der Waals surface area (Å²) in [5, 5.41) is 10.3. The molecule has 1 amide bonds. The molecule has 0 aliphatic carbocycles. The lowest BCUT2D eigenvalue weighted by atomic mass is 10.2. The highest BCUT2D eigenvalue weighted by atomic mass is 79.9. The molecule has 0 aliphatic heterocycles. The van der Waals surface area contributed by atoms with Crippen molar-refractivity contribution in [1.29, 1.82) is 0 Å². The number of aromatic nitrogens is 2. The van der Waals surface area contributed by atoms with Crippen molar-refractivity contribution in [2.24, 2.45) is 0 Å². The van der Waals surface area contributed by atoms with Crippen molar-refractivity contribution >= 4 is 49.2 Å². The molecule has 4 aromatic rings. The first-order valence-corrected chi connectivity index (χ1v) is 13.0. The van der Waals surface area contributed by atoms with Crippen LogP contribution in [-0.2, 0) is 16.6 Å². The highest BCUT2D eigenvalue weighted by molar-refractivity contribution is 9.11. The van der Waals surface area contributed by atoms with Gasteiger partial charge in [-0.25, -0.2) is 8.42 Å². The molecule has 0 fully saturated rings. The molecule has 2 aromatic carbocycles. The van der Waals surface area contributed by atoms with Crippen LogP contribution in [0.4, 0.5) is 6.01 Å². The quantitative estimate of drug-likeness (QED) is 0.332. The third-order valence-corrected chi connectivity index (χ3v) is 8.28. The predicted molar refractivity (Wildman–Crippen MR) is 129 cm³/mol. The molecule has 0 radical (unpaired) electrons. The van der Waals surface area contributed by atoms with Crippen LogP contribution < -0.4 is 5.32 Å². The van der Waals surface area contributed by atoms with Crippen LogP contribution in [0.5, 0.6) is 0 Å². The maximum Gasteiger partial charge on any atom is 0.322 e. The van der Waals surface area contributed by atoms with Crippen molar-refractivity contribution in [3.8, 4) is 10.8 Å². The van der Waals surface area contributed by atoms with Gasteiger partial charge < -0.3 is 4.42 Å². The van der Waals surface area contributed by atoms with Crippen LogP contribution in [0.2, 0.25) is 0 Å². The van der Waals surface area contributed by atoms with Gasteiger partial charge in [0, 0.05) is 18.7 Å². The van der Waals surface area contributed by atoms with Gasteiger partial charge in [0.1, 0.15) is 0 Å². The zero-order valence-electron chi connectivity index (χ0n) is 17.4. The second-order valence-electron chi connectivity index (χ2n) is 6.91. The normalized spacial score (nSPS) is 11.6. The molecule has 2 aromatic heterocycles. The molecule has 0 saturated heterocycles. The van der Waals surface area contributed by atoms with E-state index in [1.807, 2.05) is 42.5 Å². The molecule has 0 atom stereocenters. The molecule has 4 rings (SSSR count). The van der Waals surface area contributed by atoms with E-state index in [0.717, 1.165) is 14.2 Å². The molecule has 0 spiro atoms. The second kappa shape index (κ2) is 9.96. The first kappa shape index (κ1) is 23.3. The Balaban J connectivity index is 1.46. The zero-order chi connectivity index (χ0) is 23.4. The summed E-state index contributed by atoms with van der Waals surface area (Å²) in [6.07, 6.45) is 0. The van der Waals surface area contributed by atoms with Gasteiger partial charge in [-0.3, -0.25) is 10.1 Å². The molecule has 1 N–H and O–H groups in total. The molecule has 33 heavy (non-hydrogen) atoms. The van der Waals surface area contributed by atoms with E-state index in [4.69, 9.17) is 4.42 Å². The molecule has 11 heteroatoms. The highest BCUT2D eigenvalue weighted by Crippen LogP contribution is 2.31. The summed E-state index contributed by atoms with van der Waals surface area (Å²) in [6.45, 7) is 2.37. The molecule has 2 heterocycles. The number of anilines is 1. The minimum absolute atomic E-state index is 0.0451. The zero-order valence-corrected chi connectivity index (χ0v) is 20.7. The van der Waals surface area contributed by atoms with Crippen LogP contribution in [0, 0.1) is 0 Å². The largest absolute Gasteiger partial charge is 0.402 e. The van der Waals surface area contributed by atoms with Crippen molar-refractivity contribution < 1.29 is 17.6 Å². The Hall–Kier alpha value is -2.86. The van der Waals surface area contributed by atoms with Crippen molar-refractivity contribution in [3.63, 3.8) is 0 Å². The number of nitrogens with zero attached hydrogens (tertiary/aromatic N) is 3. The summed E-state index contributed by atoms with van der Waals surface area (Å²) < 4.78 is 33.9. The number of hydrogen-bond donors (Lipinski definition) is 1. The van der Waals surface area contributed by atoms with Crippen LogP contribution in [-0.4, -0.2) is 35.4 Å². The molecular formula is C22H19BrN4O4S2. The number of hydrogen-bond acceptors (Lipinski definition) is 7. The summed E-state index contributed by atoms with van der Waals surface area (Å²) in [6, 6.07) is 18.8. The summed E-state index contributed by atoms with van der Waals surface area (Å²) in [5.74, 6) is -0.196.